The smallest absolute Gasteiger partial charge is 0.238 e. The minimum atomic E-state index is 0.476. The van der Waals surface area contributed by atoms with E-state index in [2.05, 4.69) is 197 Å². The SMILES string of the molecule is c1ccc(-c2ccc(-c3nc(-c4cccc5nc(-c6ccccc6)oc45)nc(-n4c5ccccc5c5ccc6c7ccccc7n(-c7ccc(-c8cccc(-c9ccccc9)c8)cc7)c6c54)n3)cc2)cc1. The summed E-state index contributed by atoms with van der Waals surface area (Å²) in [6.07, 6.45) is 0. The Morgan fingerprint density at radius 1 is 0.310 bits per heavy atom. The Labute approximate surface area is 408 Å². The predicted molar refractivity (Wildman–Crippen MR) is 289 cm³/mol. The van der Waals surface area contributed by atoms with Crippen LogP contribution in [0.25, 0.3) is 134 Å². The van der Waals surface area contributed by atoms with Crippen molar-refractivity contribution in [3.8, 4) is 79.2 Å². The lowest BCUT2D eigenvalue weighted by molar-refractivity contribution is 0.620. The van der Waals surface area contributed by atoms with E-state index in [9.17, 15) is 0 Å². The first kappa shape index (κ1) is 40.4. The molecular formula is C64H40N6O. The molecule has 0 aliphatic heterocycles. The van der Waals surface area contributed by atoms with Crippen LogP contribution in [-0.2, 0) is 0 Å². The van der Waals surface area contributed by atoms with Gasteiger partial charge in [-0.2, -0.15) is 9.97 Å². The Balaban J connectivity index is 1.01. The van der Waals surface area contributed by atoms with E-state index >= 15 is 0 Å². The monoisotopic (exact) mass is 908 g/mol. The second-order valence-electron chi connectivity index (χ2n) is 17.8. The third-order valence-corrected chi connectivity index (χ3v) is 13.6. The molecule has 0 saturated heterocycles. The number of nitrogens with zero attached hydrogens (tertiary/aromatic N) is 6. The number of aromatic nitrogens is 6. The number of hydrogen-bond acceptors (Lipinski definition) is 5. The third-order valence-electron chi connectivity index (χ3n) is 13.6. The van der Waals surface area contributed by atoms with Gasteiger partial charge in [-0.25, -0.2) is 9.97 Å². The van der Waals surface area contributed by atoms with Gasteiger partial charge in [0.25, 0.3) is 0 Å². The van der Waals surface area contributed by atoms with Crippen LogP contribution < -0.4 is 0 Å². The fourth-order valence-electron chi connectivity index (χ4n) is 10.3. The van der Waals surface area contributed by atoms with E-state index in [-0.39, 0.29) is 0 Å². The molecule has 0 fully saturated rings. The van der Waals surface area contributed by atoms with Gasteiger partial charge in [-0.05, 0) is 88.0 Å². The molecule has 0 aliphatic carbocycles. The van der Waals surface area contributed by atoms with Crippen LogP contribution in [0.2, 0.25) is 0 Å². The topological polar surface area (TPSA) is 74.6 Å². The van der Waals surface area contributed by atoms with Crippen LogP contribution >= 0.6 is 0 Å². The van der Waals surface area contributed by atoms with Crippen LogP contribution in [-0.4, -0.2) is 29.1 Å². The summed E-state index contributed by atoms with van der Waals surface area (Å²) in [6.45, 7) is 0. The van der Waals surface area contributed by atoms with Gasteiger partial charge in [0, 0.05) is 38.4 Å². The highest BCUT2D eigenvalue weighted by atomic mass is 16.3. The van der Waals surface area contributed by atoms with Crippen molar-refractivity contribution in [1.29, 1.82) is 0 Å². The molecule has 4 heterocycles. The quantitative estimate of drug-likeness (QED) is 0.152. The zero-order valence-corrected chi connectivity index (χ0v) is 38.2. The third kappa shape index (κ3) is 6.82. The van der Waals surface area contributed by atoms with Crippen LogP contribution in [0.1, 0.15) is 0 Å². The lowest BCUT2D eigenvalue weighted by atomic mass is 9.99. The van der Waals surface area contributed by atoms with Crippen molar-refractivity contribution < 1.29 is 4.42 Å². The van der Waals surface area contributed by atoms with E-state index < -0.39 is 0 Å². The molecule has 0 amide bonds. The van der Waals surface area contributed by atoms with Gasteiger partial charge in [-0.1, -0.05) is 188 Å². The number of oxazole rings is 1. The van der Waals surface area contributed by atoms with Crippen LogP contribution in [0.3, 0.4) is 0 Å². The maximum absolute atomic E-state index is 6.62. The highest BCUT2D eigenvalue weighted by Crippen LogP contribution is 2.42. The van der Waals surface area contributed by atoms with E-state index in [1.807, 2.05) is 54.6 Å². The summed E-state index contributed by atoms with van der Waals surface area (Å²) in [5.74, 6) is 2.03. The molecule has 14 aromatic rings. The first-order valence-electron chi connectivity index (χ1n) is 23.8. The number of rotatable bonds is 8. The van der Waals surface area contributed by atoms with E-state index in [1.54, 1.807) is 0 Å². The van der Waals surface area contributed by atoms with Crippen molar-refractivity contribution in [2.75, 3.05) is 0 Å². The molecule has 4 aromatic heterocycles. The maximum atomic E-state index is 6.62. The zero-order chi connectivity index (χ0) is 46.8. The number of fused-ring (bicyclic) bond motifs is 8. The van der Waals surface area contributed by atoms with Crippen LogP contribution in [0.5, 0.6) is 0 Å². The highest BCUT2D eigenvalue weighted by Gasteiger charge is 2.25. The van der Waals surface area contributed by atoms with Crippen molar-refractivity contribution in [1.82, 2.24) is 29.1 Å². The minimum Gasteiger partial charge on any atom is -0.435 e. The maximum Gasteiger partial charge on any atom is 0.238 e. The Kier molecular flexibility index (Phi) is 9.38. The number of hydrogen-bond donors (Lipinski definition) is 0. The Hall–Kier alpha value is -9.72. The normalized spacial score (nSPS) is 11.7. The lowest BCUT2D eigenvalue weighted by Crippen LogP contribution is -2.07. The Morgan fingerprint density at radius 3 is 1.45 bits per heavy atom. The molecule has 71 heavy (non-hydrogen) atoms. The van der Waals surface area contributed by atoms with Crippen molar-refractivity contribution in [2.24, 2.45) is 0 Å². The molecule has 0 N–H and O–H groups in total. The first-order chi connectivity index (χ1) is 35.2. The van der Waals surface area contributed by atoms with Gasteiger partial charge >= 0.3 is 0 Å². The molecule has 0 aliphatic rings. The molecular weight excluding hydrogens is 869 g/mol. The molecule has 7 heteroatoms. The molecule has 0 unspecified atom stereocenters. The predicted octanol–water partition coefficient (Wildman–Crippen LogP) is 16.2. The Morgan fingerprint density at radius 2 is 0.789 bits per heavy atom. The minimum absolute atomic E-state index is 0.476. The highest BCUT2D eigenvalue weighted by molar-refractivity contribution is 6.23. The van der Waals surface area contributed by atoms with E-state index in [1.165, 1.54) is 11.1 Å². The van der Waals surface area contributed by atoms with Crippen LogP contribution in [0.15, 0.2) is 247 Å². The second-order valence-corrected chi connectivity index (χ2v) is 17.8. The lowest BCUT2D eigenvalue weighted by Gasteiger charge is -2.14. The van der Waals surface area contributed by atoms with Gasteiger partial charge in [-0.15, -0.1) is 0 Å². The van der Waals surface area contributed by atoms with Gasteiger partial charge in [0.05, 0.1) is 27.6 Å². The summed E-state index contributed by atoms with van der Waals surface area (Å²) >= 11 is 0. The molecule has 0 spiro atoms. The molecule has 10 aromatic carbocycles. The molecule has 0 saturated carbocycles. The van der Waals surface area contributed by atoms with Gasteiger partial charge in [0.1, 0.15) is 5.52 Å². The first-order valence-corrected chi connectivity index (χ1v) is 23.8. The average molecular weight is 909 g/mol. The van der Waals surface area contributed by atoms with E-state index in [4.69, 9.17) is 24.4 Å². The number of para-hydroxylation sites is 3. The van der Waals surface area contributed by atoms with Crippen LogP contribution in [0.4, 0.5) is 0 Å². The molecule has 0 bridgehead atoms. The molecule has 7 nitrogen and oxygen atoms in total. The van der Waals surface area contributed by atoms with Gasteiger partial charge in [0.15, 0.2) is 17.2 Å². The van der Waals surface area contributed by atoms with E-state index in [0.717, 1.165) is 93.8 Å². The fourth-order valence-corrected chi connectivity index (χ4v) is 10.3. The van der Waals surface area contributed by atoms with Crippen molar-refractivity contribution in [2.45, 2.75) is 0 Å². The zero-order valence-electron chi connectivity index (χ0n) is 38.2. The molecule has 0 atom stereocenters. The van der Waals surface area contributed by atoms with Crippen molar-refractivity contribution in [3.63, 3.8) is 0 Å². The van der Waals surface area contributed by atoms with Gasteiger partial charge in [-0.3, -0.25) is 4.57 Å². The largest absolute Gasteiger partial charge is 0.435 e. The second kappa shape index (κ2) is 16.5. The number of benzene rings is 10. The van der Waals surface area contributed by atoms with Crippen molar-refractivity contribution >= 4 is 54.7 Å². The summed E-state index contributed by atoms with van der Waals surface area (Å²) < 4.78 is 11.2. The summed E-state index contributed by atoms with van der Waals surface area (Å²) in [5, 5.41) is 4.47. The average Bonchev–Trinajstić information content (AvgIpc) is 4.15. The fraction of sp³-hybridized carbons (Fsp3) is 0. The molecule has 0 radical (unpaired) electrons. The van der Waals surface area contributed by atoms with E-state index in [0.29, 0.717) is 29.1 Å². The summed E-state index contributed by atoms with van der Waals surface area (Å²) in [6, 6.07) is 84.8. The molecule has 332 valence electrons. The van der Waals surface area contributed by atoms with Gasteiger partial charge < -0.3 is 8.98 Å². The van der Waals surface area contributed by atoms with Crippen molar-refractivity contribution in [3.05, 3.63) is 243 Å². The standard InChI is InChI=1S/C64H40N6O/c1-4-16-41(17-5-1)43-30-32-45(33-31-43)61-66-62(54-26-15-27-55-60(54)71-63(65-55)46-20-8-3-9-21-46)68-64(67-61)70-57-29-13-11-25-51(57)53-39-38-52-50-24-10-12-28-56(50)69(58(52)59(53)70)49-36-34-44(35-37-49)48-23-14-22-47(40-48)42-18-6-2-7-19-42/h1-40H. The molecule has 14 rings (SSSR count). The summed E-state index contributed by atoms with van der Waals surface area (Å²) in [5.41, 5.74) is 15.9. The van der Waals surface area contributed by atoms with Gasteiger partial charge in [0.2, 0.25) is 11.8 Å². The Bertz CT molecular complexity index is 4310. The summed E-state index contributed by atoms with van der Waals surface area (Å²) in [4.78, 5) is 21.1. The van der Waals surface area contributed by atoms with Crippen LogP contribution in [0, 0.1) is 0 Å². The summed E-state index contributed by atoms with van der Waals surface area (Å²) in [7, 11) is 0.